The van der Waals surface area contributed by atoms with Crippen LogP contribution >= 0.6 is 0 Å². The van der Waals surface area contributed by atoms with Crippen molar-refractivity contribution in [2.24, 2.45) is 11.7 Å². The summed E-state index contributed by atoms with van der Waals surface area (Å²) in [6, 6.07) is 4.50. The average molecular weight is 370 g/mol. The van der Waals surface area contributed by atoms with Gasteiger partial charge >= 0.3 is 0 Å². The second kappa shape index (κ2) is 6.77. The molecule has 8 nitrogen and oxygen atoms in total. The monoisotopic (exact) mass is 370 g/mol. The lowest BCUT2D eigenvalue weighted by Gasteiger charge is -2.36. The lowest BCUT2D eigenvalue weighted by atomic mass is 9.78. The molecular weight excluding hydrogens is 348 g/mol. The number of benzene rings is 1. The smallest absolute Gasteiger partial charge is 0.262 e. The molecule has 1 aromatic rings. The van der Waals surface area contributed by atoms with E-state index < -0.39 is 23.8 Å². The van der Waals surface area contributed by atoms with Crippen molar-refractivity contribution in [3.8, 4) is 0 Å². The van der Waals surface area contributed by atoms with E-state index in [0.29, 0.717) is 29.6 Å². The molecule has 0 aromatic heterocycles. The molecule has 4 N–H and O–H groups in total. The first-order valence-electron chi connectivity index (χ1n) is 9.30. The molecule has 8 heteroatoms. The van der Waals surface area contributed by atoms with Gasteiger partial charge in [0.1, 0.15) is 6.04 Å². The topological polar surface area (TPSA) is 122 Å². The highest BCUT2D eigenvalue weighted by molar-refractivity contribution is 6.23. The number of nitrogens with two attached hydrogens (primary N) is 1. The zero-order valence-electron chi connectivity index (χ0n) is 14.9. The predicted molar refractivity (Wildman–Crippen MR) is 96.9 cm³/mol. The van der Waals surface area contributed by atoms with Crippen molar-refractivity contribution in [2.45, 2.75) is 44.2 Å². The summed E-state index contributed by atoms with van der Waals surface area (Å²) in [6.07, 6.45) is 3.39. The molecule has 4 amide bonds. The molecular formula is C19H22N4O4. The Labute approximate surface area is 156 Å². The third-order valence-electron chi connectivity index (χ3n) is 5.62. The molecule has 1 saturated carbocycles. The van der Waals surface area contributed by atoms with Crippen LogP contribution in [0.5, 0.6) is 0 Å². The van der Waals surface area contributed by atoms with Crippen LogP contribution < -0.4 is 16.4 Å². The van der Waals surface area contributed by atoms with Gasteiger partial charge in [-0.25, -0.2) is 0 Å². The second-order valence-corrected chi connectivity index (χ2v) is 7.46. The summed E-state index contributed by atoms with van der Waals surface area (Å²) in [5.74, 6) is -1.30. The van der Waals surface area contributed by atoms with Crippen LogP contribution in [0, 0.1) is 5.92 Å². The van der Waals surface area contributed by atoms with Gasteiger partial charge in [-0.2, -0.15) is 0 Å². The van der Waals surface area contributed by atoms with Gasteiger partial charge in [0.15, 0.2) is 0 Å². The van der Waals surface area contributed by atoms with Crippen molar-refractivity contribution in [3.63, 3.8) is 0 Å². The summed E-state index contributed by atoms with van der Waals surface area (Å²) in [5, 5.41) is 5.59. The number of fused-ring (bicyclic) bond motifs is 1. The number of nitrogens with zero attached hydrogens (tertiary/aromatic N) is 1. The highest BCUT2D eigenvalue weighted by Crippen LogP contribution is 2.34. The number of amides is 4. The third-order valence-corrected chi connectivity index (χ3v) is 5.62. The normalized spacial score (nSPS) is 27.3. The van der Waals surface area contributed by atoms with Gasteiger partial charge in [0.25, 0.3) is 11.8 Å². The zero-order valence-corrected chi connectivity index (χ0v) is 14.9. The Balaban J connectivity index is 1.49. The van der Waals surface area contributed by atoms with Crippen LogP contribution in [0.3, 0.4) is 0 Å². The fourth-order valence-electron chi connectivity index (χ4n) is 4.12. The molecule has 2 fully saturated rings. The van der Waals surface area contributed by atoms with Crippen LogP contribution in [0.1, 0.15) is 52.8 Å². The van der Waals surface area contributed by atoms with E-state index in [2.05, 4.69) is 10.6 Å². The van der Waals surface area contributed by atoms with Gasteiger partial charge in [0.05, 0.1) is 11.1 Å². The van der Waals surface area contributed by atoms with Gasteiger partial charge in [-0.1, -0.05) is 0 Å². The van der Waals surface area contributed by atoms with Crippen LogP contribution in [0.2, 0.25) is 0 Å². The summed E-state index contributed by atoms with van der Waals surface area (Å²) >= 11 is 0. The Morgan fingerprint density at radius 3 is 2.56 bits per heavy atom. The Bertz CT molecular complexity index is 831. The molecule has 2 aliphatic heterocycles. The fourth-order valence-corrected chi connectivity index (χ4v) is 4.12. The number of hydrogen-bond donors (Lipinski definition) is 3. The molecule has 2 heterocycles. The Morgan fingerprint density at radius 1 is 1.11 bits per heavy atom. The van der Waals surface area contributed by atoms with Crippen molar-refractivity contribution < 1.29 is 19.2 Å². The van der Waals surface area contributed by atoms with Crippen LogP contribution in [0.4, 0.5) is 5.69 Å². The maximum Gasteiger partial charge on any atom is 0.262 e. The number of rotatable bonds is 5. The summed E-state index contributed by atoms with van der Waals surface area (Å²) in [4.78, 5) is 49.8. The van der Waals surface area contributed by atoms with E-state index in [1.165, 1.54) is 0 Å². The van der Waals surface area contributed by atoms with Gasteiger partial charge in [0.2, 0.25) is 11.8 Å². The summed E-state index contributed by atoms with van der Waals surface area (Å²) in [7, 11) is 0. The van der Waals surface area contributed by atoms with E-state index >= 15 is 0 Å². The Hall–Kier alpha value is -2.74. The highest BCUT2D eigenvalue weighted by atomic mass is 16.2. The number of hydrogen-bond acceptors (Lipinski definition) is 6. The van der Waals surface area contributed by atoms with E-state index in [9.17, 15) is 19.2 Å². The van der Waals surface area contributed by atoms with Crippen LogP contribution in [-0.4, -0.2) is 47.2 Å². The molecule has 4 rings (SSSR count). The molecule has 1 aliphatic carbocycles. The number of imide groups is 2. The highest BCUT2D eigenvalue weighted by Gasteiger charge is 2.44. The molecule has 1 saturated heterocycles. The standard InChI is InChI=1S/C19H22N4O4/c20-6-5-10-7-12(8-10)21-11-1-2-13-14(9-11)19(27)23(18(13)26)15-3-4-16(24)22-17(15)25/h1-2,9-10,12,15,21H,3-8,20H2,(H,22,24,25). The van der Waals surface area contributed by atoms with Crippen molar-refractivity contribution in [1.29, 1.82) is 0 Å². The number of carbonyl (C=O) groups is 4. The van der Waals surface area contributed by atoms with Crippen molar-refractivity contribution in [1.82, 2.24) is 10.2 Å². The number of carbonyl (C=O) groups excluding carboxylic acids is 4. The van der Waals surface area contributed by atoms with Gasteiger partial charge in [0, 0.05) is 18.2 Å². The summed E-state index contributed by atoms with van der Waals surface area (Å²) in [6.45, 7) is 0.697. The number of anilines is 1. The first-order chi connectivity index (χ1) is 13.0. The number of nitrogens with one attached hydrogen (secondary N) is 2. The molecule has 27 heavy (non-hydrogen) atoms. The van der Waals surface area contributed by atoms with E-state index in [0.717, 1.165) is 29.8 Å². The largest absolute Gasteiger partial charge is 0.382 e. The molecule has 0 bridgehead atoms. The summed E-state index contributed by atoms with van der Waals surface area (Å²) < 4.78 is 0. The molecule has 1 unspecified atom stereocenters. The van der Waals surface area contributed by atoms with Crippen LogP contribution in [-0.2, 0) is 9.59 Å². The first kappa shape index (κ1) is 17.7. The number of piperidine rings is 1. The molecule has 1 aromatic carbocycles. The quantitative estimate of drug-likeness (QED) is 0.654. The fraction of sp³-hybridized carbons (Fsp3) is 0.474. The maximum absolute atomic E-state index is 12.8. The zero-order chi connectivity index (χ0) is 19.1. The van der Waals surface area contributed by atoms with E-state index in [1.807, 2.05) is 0 Å². The Morgan fingerprint density at radius 2 is 1.85 bits per heavy atom. The van der Waals surface area contributed by atoms with E-state index in [1.54, 1.807) is 18.2 Å². The van der Waals surface area contributed by atoms with Gasteiger partial charge in [-0.15, -0.1) is 0 Å². The Kier molecular flexibility index (Phi) is 4.43. The first-order valence-corrected chi connectivity index (χ1v) is 9.30. The lowest BCUT2D eigenvalue weighted by molar-refractivity contribution is -0.136. The summed E-state index contributed by atoms with van der Waals surface area (Å²) in [5.41, 5.74) is 6.96. The SMILES string of the molecule is NCCC1CC(Nc2ccc3c(c2)C(=O)N(C2CCC(=O)NC2=O)C3=O)C1. The van der Waals surface area contributed by atoms with Gasteiger partial charge in [-0.05, 0) is 56.3 Å². The van der Waals surface area contributed by atoms with Gasteiger partial charge < -0.3 is 11.1 Å². The predicted octanol–water partition coefficient (Wildman–Crippen LogP) is 0.627. The minimum Gasteiger partial charge on any atom is -0.382 e. The van der Waals surface area contributed by atoms with E-state index in [4.69, 9.17) is 5.73 Å². The van der Waals surface area contributed by atoms with E-state index in [-0.39, 0.29) is 18.7 Å². The molecule has 142 valence electrons. The average Bonchev–Trinajstić information content (AvgIpc) is 2.84. The maximum atomic E-state index is 12.8. The molecule has 0 spiro atoms. The second-order valence-electron chi connectivity index (χ2n) is 7.46. The van der Waals surface area contributed by atoms with Gasteiger partial charge in [-0.3, -0.25) is 29.4 Å². The minimum absolute atomic E-state index is 0.113. The molecule has 3 aliphatic rings. The molecule has 1 atom stereocenters. The van der Waals surface area contributed by atoms with Crippen molar-refractivity contribution >= 4 is 29.3 Å². The van der Waals surface area contributed by atoms with Crippen molar-refractivity contribution in [2.75, 3.05) is 11.9 Å². The lowest BCUT2D eigenvalue weighted by Crippen LogP contribution is -2.54. The van der Waals surface area contributed by atoms with Crippen LogP contribution in [0.25, 0.3) is 0 Å². The van der Waals surface area contributed by atoms with Crippen LogP contribution in [0.15, 0.2) is 18.2 Å². The third kappa shape index (κ3) is 3.10. The van der Waals surface area contributed by atoms with Crippen molar-refractivity contribution in [3.05, 3.63) is 29.3 Å². The molecule has 0 radical (unpaired) electrons. The minimum atomic E-state index is -0.935.